The maximum Gasteiger partial charge on any atom is 0.230 e. The molecule has 0 radical (unpaired) electrons. The predicted octanol–water partition coefficient (Wildman–Crippen LogP) is 4.79. The van der Waals surface area contributed by atoms with Gasteiger partial charge in [0, 0.05) is 11.5 Å². The first-order chi connectivity index (χ1) is 13.4. The summed E-state index contributed by atoms with van der Waals surface area (Å²) in [6, 6.07) is 9.57. The number of ether oxygens (including phenoxy) is 1. The molecule has 1 aromatic rings. The van der Waals surface area contributed by atoms with Crippen LogP contribution in [-0.2, 0) is 10.2 Å². The number of hydrogen-bond acceptors (Lipinski definition) is 2. The number of benzene rings is 1. The summed E-state index contributed by atoms with van der Waals surface area (Å²) in [5.41, 5.74) is 1.34. The SMILES string of the molecule is COc1ccc(C2(C3N(C4C5CC6CC(C5)CC4C6)C(=O)C3(C)C)CC2)cc1. The van der Waals surface area contributed by atoms with Gasteiger partial charge in [0.05, 0.1) is 18.6 Å². The molecule has 3 nitrogen and oxygen atoms in total. The first kappa shape index (κ1) is 17.4. The molecule has 0 spiro atoms. The van der Waals surface area contributed by atoms with Crippen LogP contribution >= 0.6 is 0 Å². The highest BCUT2D eigenvalue weighted by Gasteiger charge is 2.70. The topological polar surface area (TPSA) is 29.5 Å². The van der Waals surface area contributed by atoms with E-state index in [9.17, 15) is 4.79 Å². The molecule has 1 saturated heterocycles. The van der Waals surface area contributed by atoms with Crippen LogP contribution in [0.15, 0.2) is 24.3 Å². The maximum absolute atomic E-state index is 13.4. The molecule has 6 fully saturated rings. The van der Waals surface area contributed by atoms with Gasteiger partial charge in [-0.15, -0.1) is 0 Å². The minimum Gasteiger partial charge on any atom is -0.497 e. The first-order valence-corrected chi connectivity index (χ1v) is 11.4. The van der Waals surface area contributed by atoms with Gasteiger partial charge in [-0.1, -0.05) is 12.1 Å². The van der Waals surface area contributed by atoms with Crippen molar-refractivity contribution >= 4 is 5.91 Å². The van der Waals surface area contributed by atoms with Gasteiger partial charge in [0.1, 0.15) is 5.75 Å². The molecule has 5 saturated carbocycles. The quantitative estimate of drug-likeness (QED) is 0.704. The zero-order valence-corrected chi connectivity index (χ0v) is 17.5. The number of carbonyl (C=O) groups is 1. The monoisotopic (exact) mass is 379 g/mol. The molecule has 1 unspecified atom stereocenters. The van der Waals surface area contributed by atoms with Crippen molar-refractivity contribution in [1.82, 2.24) is 4.90 Å². The van der Waals surface area contributed by atoms with Crippen molar-refractivity contribution < 1.29 is 9.53 Å². The van der Waals surface area contributed by atoms with Crippen LogP contribution in [-0.4, -0.2) is 30.0 Å². The summed E-state index contributed by atoms with van der Waals surface area (Å²) in [5, 5.41) is 0. The van der Waals surface area contributed by atoms with Crippen LogP contribution < -0.4 is 4.74 Å². The average molecular weight is 380 g/mol. The fourth-order valence-electron chi connectivity index (χ4n) is 8.24. The zero-order chi connectivity index (χ0) is 19.3. The molecule has 6 aliphatic rings. The second kappa shape index (κ2) is 5.55. The molecule has 3 heteroatoms. The van der Waals surface area contributed by atoms with Crippen molar-refractivity contribution in [3.05, 3.63) is 29.8 Å². The van der Waals surface area contributed by atoms with Gasteiger partial charge in [-0.25, -0.2) is 0 Å². The second-order valence-corrected chi connectivity index (χ2v) is 11.1. The Labute approximate surface area is 168 Å². The molecule has 0 N–H and O–H groups in total. The average Bonchev–Trinajstić information content (AvgIpc) is 3.47. The molecule has 7 rings (SSSR count). The Morgan fingerprint density at radius 1 is 0.929 bits per heavy atom. The third-order valence-electron chi connectivity index (χ3n) is 9.22. The van der Waals surface area contributed by atoms with E-state index in [2.05, 4.69) is 43.0 Å². The zero-order valence-electron chi connectivity index (χ0n) is 17.5. The Morgan fingerprint density at radius 2 is 1.50 bits per heavy atom. The van der Waals surface area contributed by atoms with Crippen LogP contribution in [0.4, 0.5) is 0 Å². The highest BCUT2D eigenvalue weighted by Crippen LogP contribution is 2.65. The van der Waals surface area contributed by atoms with Gasteiger partial charge in [-0.2, -0.15) is 0 Å². The Hall–Kier alpha value is -1.51. The van der Waals surface area contributed by atoms with E-state index in [0.717, 1.165) is 29.4 Å². The van der Waals surface area contributed by atoms with E-state index in [1.54, 1.807) is 7.11 Å². The van der Waals surface area contributed by atoms with Gasteiger partial charge in [-0.05, 0) is 100 Å². The number of hydrogen-bond donors (Lipinski definition) is 0. The molecule has 1 atom stereocenters. The molecule has 1 aromatic carbocycles. The molecule has 1 heterocycles. The Bertz CT molecular complexity index is 778. The van der Waals surface area contributed by atoms with Gasteiger partial charge in [0.2, 0.25) is 5.91 Å². The minimum atomic E-state index is -0.231. The molecule has 150 valence electrons. The lowest BCUT2D eigenvalue weighted by Gasteiger charge is -2.66. The van der Waals surface area contributed by atoms with Gasteiger partial charge >= 0.3 is 0 Å². The Balaban J connectivity index is 1.35. The van der Waals surface area contributed by atoms with E-state index in [1.165, 1.54) is 50.5 Å². The molecule has 0 aromatic heterocycles. The lowest BCUT2D eigenvalue weighted by molar-refractivity contribution is -0.195. The van der Waals surface area contributed by atoms with Gasteiger partial charge < -0.3 is 9.64 Å². The lowest BCUT2D eigenvalue weighted by atomic mass is 9.52. The normalized spacial score (nSPS) is 41.7. The predicted molar refractivity (Wildman–Crippen MR) is 109 cm³/mol. The van der Waals surface area contributed by atoms with Crippen molar-refractivity contribution in [3.8, 4) is 5.75 Å². The molecule has 1 amide bonds. The summed E-state index contributed by atoms with van der Waals surface area (Å²) >= 11 is 0. The van der Waals surface area contributed by atoms with Crippen molar-refractivity contribution in [3.63, 3.8) is 0 Å². The second-order valence-electron chi connectivity index (χ2n) is 11.1. The van der Waals surface area contributed by atoms with Crippen LogP contribution in [0.3, 0.4) is 0 Å². The van der Waals surface area contributed by atoms with E-state index in [0.29, 0.717) is 18.0 Å². The summed E-state index contributed by atoms with van der Waals surface area (Å²) < 4.78 is 5.38. The lowest BCUT2D eigenvalue weighted by Crippen LogP contribution is -2.76. The third kappa shape index (κ3) is 2.14. The van der Waals surface area contributed by atoms with E-state index in [4.69, 9.17) is 4.74 Å². The molecule has 28 heavy (non-hydrogen) atoms. The van der Waals surface area contributed by atoms with E-state index in [1.807, 2.05) is 0 Å². The van der Waals surface area contributed by atoms with Crippen molar-refractivity contribution in [2.75, 3.05) is 7.11 Å². The van der Waals surface area contributed by atoms with Crippen LogP contribution in [0.25, 0.3) is 0 Å². The van der Waals surface area contributed by atoms with Gasteiger partial charge in [-0.3, -0.25) is 4.79 Å². The summed E-state index contributed by atoms with van der Waals surface area (Å²) in [7, 11) is 1.73. The number of β-lactam (4-membered cyclic amide) rings is 1. The fourth-order valence-corrected chi connectivity index (χ4v) is 8.24. The van der Waals surface area contributed by atoms with Crippen molar-refractivity contribution in [2.24, 2.45) is 29.1 Å². The number of likely N-dealkylation sites (tertiary alicyclic amines) is 1. The molecule has 1 aliphatic heterocycles. The van der Waals surface area contributed by atoms with E-state index in [-0.39, 0.29) is 10.8 Å². The summed E-state index contributed by atoms with van der Waals surface area (Å²) in [4.78, 5) is 15.9. The number of nitrogens with zero attached hydrogens (tertiary/aromatic N) is 1. The van der Waals surface area contributed by atoms with Crippen molar-refractivity contribution in [2.45, 2.75) is 76.3 Å². The number of amides is 1. The summed E-state index contributed by atoms with van der Waals surface area (Å²) in [6.45, 7) is 4.41. The number of carbonyl (C=O) groups excluding carboxylic acids is 1. The third-order valence-corrected chi connectivity index (χ3v) is 9.22. The standard InChI is InChI=1S/C25H33NO2/c1-24(2)22(25(8-9-25)19-4-6-20(28-3)7-5-19)26(23(24)27)21-17-11-15-10-16(13-17)14-18(21)12-15/h4-7,15-18,21-22H,8-14H2,1-3H3. The van der Waals surface area contributed by atoms with Crippen LogP contribution in [0.2, 0.25) is 0 Å². The largest absolute Gasteiger partial charge is 0.497 e. The van der Waals surface area contributed by atoms with E-state index >= 15 is 0 Å². The molecule has 5 aliphatic carbocycles. The first-order valence-electron chi connectivity index (χ1n) is 11.4. The molecule has 4 bridgehead atoms. The van der Waals surface area contributed by atoms with Gasteiger partial charge in [0.15, 0.2) is 0 Å². The highest BCUT2D eigenvalue weighted by molar-refractivity contribution is 5.91. The minimum absolute atomic E-state index is 0.165. The Kier molecular flexibility index (Phi) is 3.44. The Morgan fingerprint density at radius 3 is 2.00 bits per heavy atom. The van der Waals surface area contributed by atoms with E-state index < -0.39 is 0 Å². The van der Waals surface area contributed by atoms with Gasteiger partial charge in [0.25, 0.3) is 0 Å². The summed E-state index contributed by atoms with van der Waals surface area (Å²) in [6.07, 6.45) is 9.41. The van der Waals surface area contributed by atoms with Crippen molar-refractivity contribution in [1.29, 1.82) is 0 Å². The molecular formula is C25H33NO2. The van der Waals surface area contributed by atoms with Crippen LogP contribution in [0.5, 0.6) is 5.75 Å². The molecular weight excluding hydrogens is 346 g/mol. The summed E-state index contributed by atoms with van der Waals surface area (Å²) in [5.74, 6) is 4.79. The number of rotatable bonds is 4. The van der Waals surface area contributed by atoms with Crippen LogP contribution in [0, 0.1) is 29.1 Å². The maximum atomic E-state index is 13.4. The fraction of sp³-hybridized carbons (Fsp3) is 0.720. The van der Waals surface area contributed by atoms with Crippen LogP contribution in [0.1, 0.15) is 64.4 Å². The smallest absolute Gasteiger partial charge is 0.230 e. The highest BCUT2D eigenvalue weighted by atomic mass is 16.5. The number of methoxy groups -OCH3 is 1.